The van der Waals surface area contributed by atoms with Gasteiger partial charge in [-0.15, -0.1) is 11.3 Å². The van der Waals surface area contributed by atoms with Gasteiger partial charge in [0.1, 0.15) is 12.4 Å². The fraction of sp³-hybridized carbons (Fsp3) is 0.533. The Morgan fingerprint density at radius 1 is 1.41 bits per heavy atom. The number of aryl methyl sites for hydroxylation is 2. The molecule has 0 aliphatic carbocycles. The number of carbonyl (C=O) groups is 1. The minimum Gasteiger partial charge on any atom is -0.350 e. The maximum Gasteiger partial charge on any atom is 0.346 e. The third kappa shape index (κ3) is 3.14. The molecule has 0 saturated heterocycles. The van der Waals surface area contributed by atoms with Crippen LogP contribution in [0.1, 0.15) is 35.5 Å². The molecule has 1 amide bonds. The highest BCUT2D eigenvalue weighted by molar-refractivity contribution is 7.10. The van der Waals surface area contributed by atoms with E-state index in [0.29, 0.717) is 13.1 Å². The lowest BCUT2D eigenvalue weighted by atomic mass is 10.2. The molecule has 118 valence electrons. The molecule has 0 radical (unpaired) electrons. The Morgan fingerprint density at radius 3 is 3.05 bits per heavy atom. The summed E-state index contributed by atoms with van der Waals surface area (Å²) in [5, 5.41) is 9.19. The van der Waals surface area contributed by atoms with E-state index in [-0.39, 0.29) is 18.1 Å². The predicted octanol–water partition coefficient (Wildman–Crippen LogP) is 1.46. The Hall–Kier alpha value is -1.89. The summed E-state index contributed by atoms with van der Waals surface area (Å²) in [5.41, 5.74) is 1.01. The summed E-state index contributed by atoms with van der Waals surface area (Å²) in [6.45, 7) is 3.23. The molecule has 0 fully saturated rings. The zero-order valence-electron chi connectivity index (χ0n) is 12.7. The van der Waals surface area contributed by atoms with Gasteiger partial charge in [0.05, 0.1) is 6.54 Å². The first-order chi connectivity index (χ1) is 10.6. The van der Waals surface area contributed by atoms with Crippen LogP contribution >= 0.6 is 11.3 Å². The van der Waals surface area contributed by atoms with Crippen LogP contribution in [0.2, 0.25) is 0 Å². The maximum absolute atomic E-state index is 12.3. The molecule has 0 spiro atoms. The Kier molecular flexibility index (Phi) is 4.42. The monoisotopic (exact) mass is 320 g/mol. The molecule has 1 aliphatic heterocycles. The van der Waals surface area contributed by atoms with Gasteiger partial charge in [0.15, 0.2) is 0 Å². The highest BCUT2D eigenvalue weighted by Gasteiger charge is 2.17. The van der Waals surface area contributed by atoms with Gasteiger partial charge in [-0.25, -0.2) is 9.48 Å². The Morgan fingerprint density at radius 2 is 2.27 bits per heavy atom. The van der Waals surface area contributed by atoms with Crippen molar-refractivity contribution in [2.75, 3.05) is 0 Å². The number of amides is 1. The summed E-state index contributed by atoms with van der Waals surface area (Å²) in [6.07, 6.45) is 4.00. The molecule has 22 heavy (non-hydrogen) atoms. The minimum absolute atomic E-state index is 0.0107. The van der Waals surface area contributed by atoms with Gasteiger partial charge in [0.25, 0.3) is 0 Å². The van der Waals surface area contributed by atoms with E-state index in [1.165, 1.54) is 10.2 Å². The number of hydrogen-bond donors (Lipinski definition) is 1. The average Bonchev–Trinajstić information content (AvgIpc) is 2.92. The van der Waals surface area contributed by atoms with E-state index in [2.05, 4.69) is 10.4 Å². The molecule has 1 N–H and O–H groups in total. The molecule has 3 rings (SSSR count). The molecule has 0 bridgehead atoms. The summed E-state index contributed by atoms with van der Waals surface area (Å²) in [4.78, 5) is 25.5. The Bertz CT molecular complexity index is 728. The normalized spacial score (nSPS) is 14.4. The second kappa shape index (κ2) is 6.48. The molecule has 0 saturated carbocycles. The highest BCUT2D eigenvalue weighted by atomic mass is 32.1. The molecular weight excluding hydrogens is 300 g/mol. The second-order valence-corrected chi connectivity index (χ2v) is 6.62. The molecule has 6 nitrogen and oxygen atoms in total. The molecule has 1 aliphatic rings. The lowest BCUT2D eigenvalue weighted by molar-refractivity contribution is -0.122. The van der Waals surface area contributed by atoms with Crippen molar-refractivity contribution in [3.05, 3.63) is 38.2 Å². The number of carbonyl (C=O) groups excluding carboxylic acids is 1. The fourth-order valence-electron chi connectivity index (χ4n) is 2.68. The van der Waals surface area contributed by atoms with Crippen LogP contribution < -0.4 is 11.0 Å². The van der Waals surface area contributed by atoms with Crippen molar-refractivity contribution in [2.24, 2.45) is 0 Å². The summed E-state index contributed by atoms with van der Waals surface area (Å²) < 4.78 is 3.00. The predicted molar refractivity (Wildman–Crippen MR) is 84.9 cm³/mol. The van der Waals surface area contributed by atoms with Crippen LogP contribution in [0.4, 0.5) is 0 Å². The Balaban J connectivity index is 1.64. The van der Waals surface area contributed by atoms with Crippen molar-refractivity contribution in [1.82, 2.24) is 19.7 Å². The number of thiophene rings is 1. The zero-order valence-corrected chi connectivity index (χ0v) is 13.5. The number of hydrogen-bond acceptors (Lipinski definition) is 4. The van der Waals surface area contributed by atoms with Crippen LogP contribution in [0.5, 0.6) is 0 Å². The number of fused-ring (bicyclic) bond motifs is 1. The van der Waals surface area contributed by atoms with Crippen LogP contribution in [-0.2, 0) is 30.8 Å². The van der Waals surface area contributed by atoms with E-state index in [9.17, 15) is 9.59 Å². The molecule has 0 aromatic carbocycles. The van der Waals surface area contributed by atoms with Crippen LogP contribution in [0, 0.1) is 6.92 Å². The summed E-state index contributed by atoms with van der Waals surface area (Å²) in [6, 6.07) is 2.03. The van der Waals surface area contributed by atoms with Crippen LogP contribution in [0.15, 0.2) is 16.2 Å². The summed E-state index contributed by atoms with van der Waals surface area (Å²) in [7, 11) is 0. The van der Waals surface area contributed by atoms with Gasteiger partial charge in [0.2, 0.25) is 5.91 Å². The lowest BCUT2D eigenvalue weighted by Gasteiger charge is -2.04. The molecule has 0 atom stereocenters. The van der Waals surface area contributed by atoms with Crippen molar-refractivity contribution in [1.29, 1.82) is 0 Å². The smallest absolute Gasteiger partial charge is 0.346 e. The second-order valence-electron chi connectivity index (χ2n) is 5.62. The van der Waals surface area contributed by atoms with E-state index < -0.39 is 0 Å². The van der Waals surface area contributed by atoms with Crippen molar-refractivity contribution >= 4 is 17.2 Å². The van der Waals surface area contributed by atoms with Crippen molar-refractivity contribution < 1.29 is 4.79 Å². The van der Waals surface area contributed by atoms with Gasteiger partial charge in [0, 0.05) is 17.8 Å². The van der Waals surface area contributed by atoms with Gasteiger partial charge >= 0.3 is 5.69 Å². The van der Waals surface area contributed by atoms with Gasteiger partial charge in [-0.1, -0.05) is 6.42 Å². The SMILES string of the molecule is Cc1ccsc1CNC(=O)Cn1nc2n(c1=O)CCCCC2. The first kappa shape index (κ1) is 15.0. The van der Waals surface area contributed by atoms with Gasteiger partial charge in [-0.3, -0.25) is 9.36 Å². The van der Waals surface area contributed by atoms with Crippen LogP contribution in [0.25, 0.3) is 0 Å². The standard InChI is InChI=1S/C15H20N4O2S/c1-11-6-8-22-12(11)9-16-14(20)10-19-15(21)18-7-4-2-3-5-13(18)17-19/h6,8H,2-5,7,9-10H2,1H3,(H,16,20). The van der Waals surface area contributed by atoms with Gasteiger partial charge in [-0.05, 0) is 36.8 Å². The highest BCUT2D eigenvalue weighted by Crippen LogP contribution is 2.14. The van der Waals surface area contributed by atoms with Crippen LogP contribution in [-0.4, -0.2) is 20.3 Å². The number of nitrogens with zero attached hydrogens (tertiary/aromatic N) is 3. The third-order valence-corrected chi connectivity index (χ3v) is 5.01. The fourth-order valence-corrected chi connectivity index (χ4v) is 3.53. The molecule has 2 aromatic rings. The minimum atomic E-state index is -0.178. The number of rotatable bonds is 4. The quantitative estimate of drug-likeness (QED) is 0.927. The first-order valence-electron chi connectivity index (χ1n) is 7.61. The summed E-state index contributed by atoms with van der Waals surface area (Å²) >= 11 is 1.62. The number of nitrogens with one attached hydrogen (secondary N) is 1. The summed E-state index contributed by atoms with van der Waals surface area (Å²) in [5.74, 6) is 0.632. The van der Waals surface area contributed by atoms with Crippen molar-refractivity contribution in [3.63, 3.8) is 0 Å². The zero-order chi connectivity index (χ0) is 15.5. The van der Waals surface area contributed by atoms with E-state index >= 15 is 0 Å². The molecule has 0 unspecified atom stereocenters. The van der Waals surface area contributed by atoms with E-state index in [0.717, 1.165) is 36.4 Å². The molecule has 3 heterocycles. The van der Waals surface area contributed by atoms with Crippen molar-refractivity contribution in [2.45, 2.75) is 52.2 Å². The van der Waals surface area contributed by atoms with Gasteiger partial charge < -0.3 is 5.32 Å². The topological polar surface area (TPSA) is 68.9 Å². The van der Waals surface area contributed by atoms with Crippen LogP contribution in [0.3, 0.4) is 0 Å². The molecular formula is C15H20N4O2S. The molecule has 2 aromatic heterocycles. The third-order valence-electron chi connectivity index (χ3n) is 3.99. The largest absolute Gasteiger partial charge is 0.350 e. The first-order valence-corrected chi connectivity index (χ1v) is 8.49. The van der Waals surface area contributed by atoms with E-state index in [1.54, 1.807) is 15.9 Å². The molecule has 7 heteroatoms. The average molecular weight is 320 g/mol. The van der Waals surface area contributed by atoms with E-state index in [4.69, 9.17) is 0 Å². The Labute approximate surface area is 132 Å². The number of aromatic nitrogens is 3. The maximum atomic E-state index is 12.3. The van der Waals surface area contributed by atoms with E-state index in [1.807, 2.05) is 18.4 Å². The van der Waals surface area contributed by atoms with Crippen molar-refractivity contribution in [3.8, 4) is 0 Å². The van der Waals surface area contributed by atoms with Gasteiger partial charge in [-0.2, -0.15) is 5.10 Å². The lowest BCUT2D eigenvalue weighted by Crippen LogP contribution is -2.33.